The molecule has 0 saturated heterocycles. The van der Waals surface area contributed by atoms with Gasteiger partial charge in [-0.15, -0.1) is 0 Å². The lowest BCUT2D eigenvalue weighted by atomic mass is 10.1. The number of hydrogen-bond donors (Lipinski definition) is 1. The zero-order chi connectivity index (χ0) is 9.52. The van der Waals surface area contributed by atoms with Crippen molar-refractivity contribution in [3.63, 3.8) is 0 Å². The van der Waals surface area contributed by atoms with Crippen LogP contribution >= 0.6 is 15.9 Å². The van der Waals surface area contributed by atoms with Crippen LogP contribution in [-0.2, 0) is 5.33 Å². The van der Waals surface area contributed by atoms with Crippen molar-refractivity contribution in [2.24, 2.45) is 5.73 Å². The van der Waals surface area contributed by atoms with E-state index < -0.39 is 0 Å². The van der Waals surface area contributed by atoms with Crippen molar-refractivity contribution >= 4 is 22.0 Å². The molecule has 0 atom stereocenters. The number of nitrogens with two attached hydrogens (primary N) is 1. The molecule has 0 aliphatic carbocycles. The molecule has 1 aromatic rings. The minimum atomic E-state index is 0.715. The van der Waals surface area contributed by atoms with E-state index >= 15 is 0 Å². The van der Waals surface area contributed by atoms with Gasteiger partial charge in [-0.2, -0.15) is 0 Å². The molecule has 13 heavy (non-hydrogen) atoms. The van der Waals surface area contributed by atoms with E-state index in [4.69, 9.17) is 5.73 Å². The van der Waals surface area contributed by atoms with Gasteiger partial charge in [0.2, 0.25) is 0 Å². The Morgan fingerprint density at radius 2 is 2.08 bits per heavy atom. The second-order valence-electron chi connectivity index (χ2n) is 2.81. The fourth-order valence-corrected chi connectivity index (χ4v) is 1.64. The molecule has 0 spiro atoms. The molecular weight excluding hydrogens is 226 g/mol. The Morgan fingerprint density at radius 1 is 1.31 bits per heavy atom. The molecule has 0 saturated carbocycles. The first-order valence-electron chi connectivity index (χ1n) is 4.39. The van der Waals surface area contributed by atoms with Crippen LogP contribution in [-0.4, -0.2) is 6.54 Å². The van der Waals surface area contributed by atoms with Crippen molar-refractivity contribution in [2.45, 2.75) is 11.8 Å². The number of rotatable bonds is 4. The lowest BCUT2D eigenvalue weighted by molar-refractivity contribution is 1.01. The van der Waals surface area contributed by atoms with Crippen molar-refractivity contribution < 1.29 is 0 Å². The standard InChI is InChI=1S/C11H14BrN/c12-9-11-7-2-1-5-10(11)6-3-4-8-13/h1-3,5-7H,4,8-9,13H2. The lowest BCUT2D eigenvalue weighted by Gasteiger charge is -2.00. The predicted octanol–water partition coefficient (Wildman–Crippen LogP) is 2.94. The topological polar surface area (TPSA) is 26.0 Å². The van der Waals surface area contributed by atoms with Crippen LogP contribution in [0.1, 0.15) is 17.5 Å². The van der Waals surface area contributed by atoms with E-state index in [0.29, 0.717) is 6.54 Å². The quantitative estimate of drug-likeness (QED) is 0.804. The van der Waals surface area contributed by atoms with Crippen molar-refractivity contribution in [1.82, 2.24) is 0 Å². The van der Waals surface area contributed by atoms with E-state index in [9.17, 15) is 0 Å². The summed E-state index contributed by atoms with van der Waals surface area (Å²) in [7, 11) is 0. The van der Waals surface area contributed by atoms with Crippen LogP contribution in [0.4, 0.5) is 0 Å². The Balaban J connectivity index is 2.74. The molecule has 0 amide bonds. The highest BCUT2D eigenvalue weighted by molar-refractivity contribution is 9.08. The van der Waals surface area contributed by atoms with E-state index in [-0.39, 0.29) is 0 Å². The lowest BCUT2D eigenvalue weighted by Crippen LogP contribution is -1.95. The monoisotopic (exact) mass is 239 g/mol. The minimum absolute atomic E-state index is 0.715. The molecule has 0 fully saturated rings. The van der Waals surface area contributed by atoms with Crippen LogP contribution in [0.3, 0.4) is 0 Å². The molecule has 0 heterocycles. The Kier molecular flexibility index (Phi) is 4.79. The normalized spacial score (nSPS) is 10.9. The van der Waals surface area contributed by atoms with Crippen molar-refractivity contribution in [1.29, 1.82) is 0 Å². The van der Waals surface area contributed by atoms with Crippen LogP contribution in [0, 0.1) is 0 Å². The molecule has 0 aliphatic heterocycles. The Bertz CT molecular complexity index is 281. The summed E-state index contributed by atoms with van der Waals surface area (Å²) in [6.45, 7) is 0.715. The zero-order valence-electron chi connectivity index (χ0n) is 7.54. The Hall–Kier alpha value is -0.600. The van der Waals surface area contributed by atoms with Gasteiger partial charge in [0.25, 0.3) is 0 Å². The Labute approximate surface area is 87.8 Å². The maximum absolute atomic E-state index is 5.40. The molecule has 1 rings (SSSR count). The maximum atomic E-state index is 5.40. The first kappa shape index (κ1) is 10.5. The number of halogens is 1. The second-order valence-corrected chi connectivity index (χ2v) is 3.37. The molecule has 1 nitrogen and oxygen atoms in total. The van der Waals surface area contributed by atoms with Gasteiger partial charge >= 0.3 is 0 Å². The van der Waals surface area contributed by atoms with Gasteiger partial charge < -0.3 is 5.73 Å². The van der Waals surface area contributed by atoms with Gasteiger partial charge in [0.05, 0.1) is 0 Å². The van der Waals surface area contributed by atoms with Gasteiger partial charge in [-0.1, -0.05) is 52.3 Å². The summed E-state index contributed by atoms with van der Waals surface area (Å²) in [6, 6.07) is 8.34. The molecule has 0 unspecified atom stereocenters. The summed E-state index contributed by atoms with van der Waals surface area (Å²) in [4.78, 5) is 0. The van der Waals surface area contributed by atoms with Crippen LogP contribution in [0.5, 0.6) is 0 Å². The first-order chi connectivity index (χ1) is 6.38. The highest BCUT2D eigenvalue weighted by atomic mass is 79.9. The van der Waals surface area contributed by atoms with E-state index in [1.165, 1.54) is 11.1 Å². The molecule has 0 aliphatic rings. The van der Waals surface area contributed by atoms with Gasteiger partial charge in [-0.3, -0.25) is 0 Å². The summed E-state index contributed by atoms with van der Waals surface area (Å²) in [5.74, 6) is 0. The van der Waals surface area contributed by atoms with Crippen LogP contribution in [0.15, 0.2) is 30.3 Å². The van der Waals surface area contributed by atoms with Gasteiger partial charge in [-0.25, -0.2) is 0 Å². The third-order valence-corrected chi connectivity index (χ3v) is 2.43. The molecule has 2 N–H and O–H groups in total. The van der Waals surface area contributed by atoms with E-state index in [0.717, 1.165) is 11.8 Å². The third-order valence-electron chi connectivity index (χ3n) is 1.83. The summed E-state index contributed by atoms with van der Waals surface area (Å²) >= 11 is 3.46. The SMILES string of the molecule is NCCC=Cc1ccccc1CBr. The van der Waals surface area contributed by atoms with Gasteiger partial charge in [-0.05, 0) is 24.1 Å². The number of benzene rings is 1. The number of hydrogen-bond acceptors (Lipinski definition) is 1. The predicted molar refractivity (Wildman–Crippen MR) is 61.8 cm³/mol. The molecule has 70 valence electrons. The largest absolute Gasteiger partial charge is 0.330 e. The maximum Gasteiger partial charge on any atom is 0.0288 e. The molecule has 1 aromatic carbocycles. The summed E-state index contributed by atoms with van der Waals surface area (Å²) < 4.78 is 0. The number of alkyl halides is 1. The summed E-state index contributed by atoms with van der Waals surface area (Å²) in [6.07, 6.45) is 5.18. The highest BCUT2D eigenvalue weighted by Crippen LogP contribution is 2.13. The average molecular weight is 240 g/mol. The van der Waals surface area contributed by atoms with Crippen LogP contribution in [0.25, 0.3) is 6.08 Å². The zero-order valence-corrected chi connectivity index (χ0v) is 9.13. The summed E-state index contributed by atoms with van der Waals surface area (Å²) in [5.41, 5.74) is 7.99. The minimum Gasteiger partial charge on any atom is -0.330 e. The fraction of sp³-hybridized carbons (Fsp3) is 0.273. The molecular formula is C11H14BrN. The van der Waals surface area contributed by atoms with Gasteiger partial charge in [0.15, 0.2) is 0 Å². The van der Waals surface area contributed by atoms with Gasteiger partial charge in [0, 0.05) is 5.33 Å². The van der Waals surface area contributed by atoms with Crippen LogP contribution in [0.2, 0.25) is 0 Å². The fourth-order valence-electron chi connectivity index (χ4n) is 1.13. The van der Waals surface area contributed by atoms with Crippen LogP contribution < -0.4 is 5.73 Å². The highest BCUT2D eigenvalue weighted by Gasteiger charge is 1.94. The third kappa shape index (κ3) is 3.33. The summed E-state index contributed by atoms with van der Waals surface area (Å²) in [5, 5.41) is 0.899. The Morgan fingerprint density at radius 3 is 2.77 bits per heavy atom. The van der Waals surface area contributed by atoms with E-state index in [2.05, 4.69) is 46.3 Å². The first-order valence-corrected chi connectivity index (χ1v) is 5.51. The molecule has 0 radical (unpaired) electrons. The van der Waals surface area contributed by atoms with Gasteiger partial charge in [0.1, 0.15) is 0 Å². The van der Waals surface area contributed by atoms with E-state index in [1.807, 2.05) is 6.07 Å². The molecule has 0 aromatic heterocycles. The van der Waals surface area contributed by atoms with E-state index in [1.54, 1.807) is 0 Å². The van der Waals surface area contributed by atoms with Crippen molar-refractivity contribution in [3.8, 4) is 0 Å². The van der Waals surface area contributed by atoms with Crippen molar-refractivity contribution in [3.05, 3.63) is 41.5 Å². The average Bonchev–Trinajstić information content (AvgIpc) is 2.19. The van der Waals surface area contributed by atoms with Crippen molar-refractivity contribution in [2.75, 3.05) is 6.54 Å². The second kappa shape index (κ2) is 5.95. The molecule has 2 heteroatoms. The molecule has 0 bridgehead atoms. The smallest absolute Gasteiger partial charge is 0.0288 e.